The van der Waals surface area contributed by atoms with Gasteiger partial charge < -0.3 is 9.47 Å². The maximum atomic E-state index is 14.1. The van der Waals surface area contributed by atoms with Crippen LogP contribution in [0.1, 0.15) is 74.9 Å². The van der Waals surface area contributed by atoms with Gasteiger partial charge in [-0.05, 0) is 128 Å². The number of hydrogen-bond acceptors (Lipinski definition) is 8. The highest BCUT2D eigenvalue weighted by Crippen LogP contribution is 2.38. The van der Waals surface area contributed by atoms with Crippen LogP contribution in [0.3, 0.4) is 0 Å². The average Bonchev–Trinajstić information content (AvgIpc) is 3.55. The highest BCUT2D eigenvalue weighted by Gasteiger charge is 2.43. The SMILES string of the molecule is CCOc1ccc(N2C(=O)N(c3c(CC)cc(Cc4cc(CC)c(N5C(=N)C(=S)N(c6ccc(OCC)cc6)C5=O)c(CC)c4)cc3CC)C(=N)C2=S)cc1. The fourth-order valence-electron chi connectivity index (χ4n) is 7.31. The molecule has 4 aromatic carbocycles. The van der Waals surface area contributed by atoms with Crippen LogP contribution in [0.25, 0.3) is 0 Å². The zero-order valence-corrected chi connectivity index (χ0v) is 33.7. The third-order valence-electron chi connectivity index (χ3n) is 9.87. The largest absolute Gasteiger partial charge is 0.494 e. The van der Waals surface area contributed by atoms with E-state index < -0.39 is 0 Å². The molecule has 6 rings (SSSR count). The van der Waals surface area contributed by atoms with E-state index in [0.717, 1.165) is 33.4 Å². The van der Waals surface area contributed by atoms with E-state index in [0.29, 0.717) is 79.6 Å². The number of nitrogens with one attached hydrogen (secondary N) is 2. The molecule has 0 unspecified atom stereocenters. The number of aryl methyl sites for hydroxylation is 4. The van der Waals surface area contributed by atoms with E-state index in [1.807, 2.05) is 13.8 Å². The average molecular weight is 775 g/mol. The Morgan fingerprint density at radius 2 is 0.818 bits per heavy atom. The second kappa shape index (κ2) is 16.5. The number of ether oxygens (including phenoxy) is 2. The Morgan fingerprint density at radius 3 is 1.09 bits per heavy atom. The third kappa shape index (κ3) is 7.24. The smallest absolute Gasteiger partial charge is 0.340 e. The molecule has 0 spiro atoms. The summed E-state index contributed by atoms with van der Waals surface area (Å²) in [5, 5.41) is 18.0. The minimum atomic E-state index is -0.380. The van der Waals surface area contributed by atoms with Gasteiger partial charge in [0, 0.05) is 0 Å². The lowest BCUT2D eigenvalue weighted by Gasteiger charge is -2.25. The number of nitrogens with zero attached hydrogens (tertiary/aromatic N) is 4. The summed E-state index contributed by atoms with van der Waals surface area (Å²) in [6, 6.07) is 22.0. The standard InChI is InChI=1S/C43H46N6O4S2/c1-7-28-22-26(23-29(8-2)36(28)48-38(44)40(54)46(42(48)50)32-13-17-34(18-14-32)52-11-5)21-27-24-30(9-3)37(31(10-4)25-27)49-39(45)41(55)47(43(49)51)33-15-19-35(20-16-33)53-12-6/h13-20,22-25,44-45H,7-12,21H2,1-6H3. The van der Waals surface area contributed by atoms with Crippen molar-refractivity contribution in [2.45, 2.75) is 73.6 Å². The first-order valence-corrected chi connectivity index (χ1v) is 19.6. The predicted molar refractivity (Wildman–Crippen MR) is 230 cm³/mol. The first-order valence-electron chi connectivity index (χ1n) is 18.8. The second-order valence-electron chi connectivity index (χ2n) is 13.2. The molecule has 4 amide bonds. The molecule has 2 aliphatic heterocycles. The Kier molecular flexibility index (Phi) is 11.8. The maximum Gasteiger partial charge on any atom is 0.340 e. The molecule has 4 aromatic rings. The highest BCUT2D eigenvalue weighted by atomic mass is 32.1. The number of rotatable bonds is 14. The van der Waals surface area contributed by atoms with Gasteiger partial charge in [-0.3, -0.25) is 10.8 Å². The summed E-state index contributed by atoms with van der Waals surface area (Å²) in [5.41, 5.74) is 8.52. The molecule has 2 N–H and O–H groups in total. The molecule has 55 heavy (non-hydrogen) atoms. The quantitative estimate of drug-likeness (QED) is 0.123. The van der Waals surface area contributed by atoms with Crippen LogP contribution in [-0.4, -0.2) is 46.9 Å². The maximum absolute atomic E-state index is 14.1. The number of anilines is 4. The van der Waals surface area contributed by atoms with Gasteiger partial charge in [0.15, 0.2) is 21.6 Å². The van der Waals surface area contributed by atoms with Crippen LogP contribution in [0.5, 0.6) is 11.5 Å². The molecule has 0 aromatic heterocycles. The molecule has 2 fully saturated rings. The van der Waals surface area contributed by atoms with Crippen molar-refractivity contribution in [3.8, 4) is 11.5 Å². The van der Waals surface area contributed by atoms with Crippen molar-refractivity contribution in [1.29, 1.82) is 10.8 Å². The van der Waals surface area contributed by atoms with Crippen molar-refractivity contribution in [2.75, 3.05) is 32.8 Å². The Labute approximate surface area is 333 Å². The van der Waals surface area contributed by atoms with E-state index in [2.05, 4.69) is 52.0 Å². The molecule has 0 atom stereocenters. The van der Waals surface area contributed by atoms with Crippen molar-refractivity contribution in [3.05, 3.63) is 106 Å². The molecular formula is C43H46N6O4S2. The van der Waals surface area contributed by atoms with Crippen LogP contribution in [0.4, 0.5) is 32.3 Å². The van der Waals surface area contributed by atoms with Crippen molar-refractivity contribution in [3.63, 3.8) is 0 Å². The fourth-order valence-corrected chi connectivity index (χ4v) is 7.86. The number of hydrogen-bond donors (Lipinski definition) is 2. The molecule has 0 saturated carbocycles. The molecular weight excluding hydrogens is 729 g/mol. The normalized spacial score (nSPS) is 14.6. The van der Waals surface area contributed by atoms with Gasteiger partial charge in [-0.1, -0.05) is 76.4 Å². The molecule has 0 aliphatic carbocycles. The molecule has 12 heteroatoms. The topological polar surface area (TPSA) is 113 Å². The van der Waals surface area contributed by atoms with Crippen LogP contribution < -0.4 is 29.1 Å². The van der Waals surface area contributed by atoms with Gasteiger partial charge in [0.1, 0.15) is 11.5 Å². The van der Waals surface area contributed by atoms with E-state index in [-0.39, 0.29) is 33.7 Å². The number of amidine groups is 2. The number of thiocarbonyl (C=S) groups is 2. The summed E-state index contributed by atoms with van der Waals surface area (Å²) in [5.74, 6) is 1.34. The molecule has 2 heterocycles. The van der Waals surface area contributed by atoms with Crippen molar-refractivity contribution < 1.29 is 19.1 Å². The lowest BCUT2D eigenvalue weighted by atomic mass is 9.92. The molecule has 0 bridgehead atoms. The van der Waals surface area contributed by atoms with Crippen molar-refractivity contribution >= 4 is 80.9 Å². The van der Waals surface area contributed by atoms with Crippen molar-refractivity contribution in [2.24, 2.45) is 0 Å². The van der Waals surface area contributed by atoms with Gasteiger partial charge in [-0.2, -0.15) is 0 Å². The lowest BCUT2D eigenvalue weighted by Crippen LogP contribution is -2.34. The molecule has 2 saturated heterocycles. The summed E-state index contributed by atoms with van der Waals surface area (Å²) >= 11 is 11.3. The Balaban J connectivity index is 1.32. The fraction of sp³-hybridized carbons (Fsp3) is 0.302. The number of carbonyl (C=O) groups excluding carboxylic acids is 2. The molecule has 284 valence electrons. The number of carbonyl (C=O) groups is 2. The van der Waals surface area contributed by atoms with E-state index >= 15 is 0 Å². The third-order valence-corrected chi connectivity index (χ3v) is 10.6. The van der Waals surface area contributed by atoms with Gasteiger partial charge in [0.05, 0.1) is 36.0 Å². The summed E-state index contributed by atoms with van der Waals surface area (Å²) in [6.45, 7) is 13.1. The highest BCUT2D eigenvalue weighted by molar-refractivity contribution is 7.83. The Morgan fingerprint density at radius 1 is 0.509 bits per heavy atom. The van der Waals surface area contributed by atoms with Crippen LogP contribution >= 0.6 is 24.4 Å². The summed E-state index contributed by atoms with van der Waals surface area (Å²) in [4.78, 5) is 34.2. The predicted octanol–water partition coefficient (Wildman–Crippen LogP) is 9.83. The summed E-state index contributed by atoms with van der Waals surface area (Å²) in [6.07, 6.45) is 3.20. The Hall–Kier alpha value is -5.46. The monoisotopic (exact) mass is 774 g/mol. The van der Waals surface area contributed by atoms with Gasteiger partial charge in [-0.25, -0.2) is 29.2 Å². The van der Waals surface area contributed by atoms with Gasteiger partial charge in [0.25, 0.3) is 0 Å². The number of urea groups is 2. The van der Waals surface area contributed by atoms with Gasteiger partial charge in [-0.15, -0.1) is 0 Å². The van der Waals surface area contributed by atoms with Crippen LogP contribution in [0, 0.1) is 10.8 Å². The van der Waals surface area contributed by atoms with E-state index in [9.17, 15) is 9.59 Å². The van der Waals surface area contributed by atoms with Crippen molar-refractivity contribution in [1.82, 2.24) is 0 Å². The minimum absolute atomic E-state index is 0.0237. The lowest BCUT2D eigenvalue weighted by molar-refractivity contribution is 0.256. The molecule has 0 radical (unpaired) electrons. The number of amides is 4. The van der Waals surface area contributed by atoms with E-state index in [1.165, 1.54) is 19.6 Å². The minimum Gasteiger partial charge on any atom is -0.494 e. The first-order chi connectivity index (χ1) is 26.5. The first kappa shape index (κ1) is 39.2. The second-order valence-corrected chi connectivity index (χ2v) is 14.0. The zero-order valence-electron chi connectivity index (χ0n) is 32.1. The Bertz CT molecular complexity index is 2000. The van der Waals surface area contributed by atoms with Crippen LogP contribution in [0.2, 0.25) is 0 Å². The van der Waals surface area contributed by atoms with E-state index in [4.69, 9.17) is 44.7 Å². The van der Waals surface area contributed by atoms with Crippen LogP contribution in [-0.2, 0) is 32.1 Å². The number of benzene rings is 4. The van der Waals surface area contributed by atoms with Gasteiger partial charge >= 0.3 is 12.1 Å². The zero-order chi connectivity index (χ0) is 39.6. The summed E-state index contributed by atoms with van der Waals surface area (Å²) in [7, 11) is 0. The molecule has 2 aliphatic rings. The van der Waals surface area contributed by atoms with Gasteiger partial charge in [0.2, 0.25) is 0 Å². The van der Waals surface area contributed by atoms with Crippen LogP contribution in [0.15, 0.2) is 72.8 Å². The molecule has 10 nitrogen and oxygen atoms in total. The summed E-state index contributed by atoms with van der Waals surface area (Å²) < 4.78 is 11.2. The van der Waals surface area contributed by atoms with E-state index in [1.54, 1.807) is 48.5 Å².